The number of morpholine rings is 1. The molecule has 1 aromatic heterocycles. The number of ether oxygens (including phenoxy) is 2. The second kappa shape index (κ2) is 9.93. The third-order valence-corrected chi connectivity index (χ3v) is 8.18. The molecule has 3 N–H and O–H groups in total. The molecule has 2 aromatic rings. The first-order valence-electron chi connectivity index (χ1n) is 12.0. The first kappa shape index (κ1) is 27.1. The van der Waals surface area contributed by atoms with Gasteiger partial charge in [0.25, 0.3) is 5.91 Å². The number of nitrogens with one attached hydrogen (secondary N) is 1. The lowest BCUT2D eigenvalue weighted by molar-refractivity contribution is -0.154. The number of amidine groups is 1. The molecule has 3 aliphatic rings. The molecule has 2 aliphatic heterocycles. The maximum absolute atomic E-state index is 15.2. The van der Waals surface area contributed by atoms with Gasteiger partial charge < -0.3 is 25.4 Å². The predicted octanol–water partition coefficient (Wildman–Crippen LogP) is 2.70. The number of rotatable bonds is 6. The van der Waals surface area contributed by atoms with Crippen molar-refractivity contribution < 1.29 is 36.6 Å². The molecule has 1 aromatic carbocycles. The minimum atomic E-state index is -4.55. The number of thioether (sulfide) groups is 1. The Bertz CT molecular complexity index is 1320. The van der Waals surface area contributed by atoms with Gasteiger partial charge in [0.05, 0.1) is 31.1 Å². The number of aliphatic imine (C=N–C) groups is 1. The molecule has 1 unspecified atom stereocenters. The SMILES string of the molecule is C[C@]1(c2cc(NC(=O)c3cnc(OCC(F)(F)F)cn3)ccc2F)N=C(N)S[C@@]2(C(=O)N3CCOCC3)CC21. The summed E-state index contributed by atoms with van der Waals surface area (Å²) >= 11 is 1.20. The van der Waals surface area contributed by atoms with Gasteiger partial charge in [-0.05, 0) is 31.5 Å². The fraction of sp³-hybridized carbons (Fsp3) is 0.458. The molecule has 0 spiro atoms. The number of hydrogen-bond donors (Lipinski definition) is 2. The van der Waals surface area contributed by atoms with E-state index in [1.807, 2.05) is 0 Å². The zero-order chi connectivity index (χ0) is 28.0. The smallest absolute Gasteiger partial charge is 0.422 e. The molecule has 1 saturated carbocycles. The van der Waals surface area contributed by atoms with Crippen molar-refractivity contribution in [3.05, 3.63) is 47.7 Å². The number of alkyl halides is 3. The highest BCUT2D eigenvalue weighted by molar-refractivity contribution is 8.15. The highest BCUT2D eigenvalue weighted by atomic mass is 32.2. The number of carbonyl (C=O) groups excluding carboxylic acids is 2. The van der Waals surface area contributed by atoms with E-state index in [2.05, 4.69) is 25.0 Å². The van der Waals surface area contributed by atoms with Crippen LogP contribution in [0.4, 0.5) is 23.2 Å². The largest absolute Gasteiger partial charge is 0.467 e. The molecule has 2 fully saturated rings. The number of nitrogens with two attached hydrogens (primary N) is 1. The minimum absolute atomic E-state index is 0.0732. The van der Waals surface area contributed by atoms with E-state index in [9.17, 15) is 22.8 Å². The summed E-state index contributed by atoms with van der Waals surface area (Å²) in [6.45, 7) is 2.00. The van der Waals surface area contributed by atoms with Crippen molar-refractivity contribution >= 4 is 34.4 Å². The van der Waals surface area contributed by atoms with Gasteiger partial charge in [-0.3, -0.25) is 14.6 Å². The summed E-state index contributed by atoms with van der Waals surface area (Å²) in [6, 6.07) is 3.95. The standard InChI is InChI=1S/C24H24F4N6O4S/c1-22(17-9-23(17,39-21(29)33-22)20(36)34-4-6-37-7-5-34)14-8-13(2-3-15(14)25)32-19(35)16-10-31-18(11-30-16)38-12-24(26,27)28/h2-3,8,10-11,17H,4-7,9,12H2,1H3,(H2,29,33)(H,32,35)/t17?,22-,23+/m1/s1. The number of nitrogens with zero attached hydrogens (tertiary/aromatic N) is 4. The maximum Gasteiger partial charge on any atom is 0.422 e. The Labute approximate surface area is 224 Å². The Hall–Kier alpha value is -3.46. The lowest BCUT2D eigenvalue weighted by Gasteiger charge is -2.37. The minimum Gasteiger partial charge on any atom is -0.467 e. The van der Waals surface area contributed by atoms with E-state index in [1.165, 1.54) is 30.0 Å². The summed E-state index contributed by atoms with van der Waals surface area (Å²) < 4.78 is 61.1. The molecular weight excluding hydrogens is 544 g/mol. The Morgan fingerprint density at radius 3 is 2.67 bits per heavy atom. The molecule has 3 atom stereocenters. The highest BCUT2D eigenvalue weighted by Gasteiger charge is 2.71. The highest BCUT2D eigenvalue weighted by Crippen LogP contribution is 2.66. The van der Waals surface area contributed by atoms with Gasteiger partial charge in [-0.2, -0.15) is 13.2 Å². The van der Waals surface area contributed by atoms with Crippen LogP contribution < -0.4 is 15.8 Å². The summed E-state index contributed by atoms with van der Waals surface area (Å²) in [7, 11) is 0. The van der Waals surface area contributed by atoms with Crippen LogP contribution in [0.15, 0.2) is 35.6 Å². The van der Waals surface area contributed by atoms with E-state index in [4.69, 9.17) is 10.5 Å². The number of anilines is 1. The molecule has 208 valence electrons. The van der Waals surface area contributed by atoms with Crippen molar-refractivity contribution in [2.24, 2.45) is 16.6 Å². The van der Waals surface area contributed by atoms with Crippen LogP contribution in [0.5, 0.6) is 5.88 Å². The van der Waals surface area contributed by atoms with E-state index in [-0.39, 0.29) is 33.9 Å². The lowest BCUT2D eigenvalue weighted by Crippen LogP contribution is -2.49. The number of benzene rings is 1. The van der Waals surface area contributed by atoms with Gasteiger partial charge in [-0.1, -0.05) is 11.8 Å². The summed E-state index contributed by atoms with van der Waals surface area (Å²) in [5.74, 6) is -2.10. The number of amides is 2. The molecule has 1 saturated heterocycles. The van der Waals surface area contributed by atoms with Crippen LogP contribution in [0.3, 0.4) is 0 Å². The van der Waals surface area contributed by atoms with Crippen LogP contribution in [0.25, 0.3) is 0 Å². The molecule has 0 radical (unpaired) electrons. The molecule has 2 amide bonds. The van der Waals surface area contributed by atoms with Crippen molar-refractivity contribution in [1.29, 1.82) is 0 Å². The Morgan fingerprint density at radius 1 is 1.26 bits per heavy atom. The number of aromatic nitrogens is 2. The molecule has 3 heterocycles. The molecule has 10 nitrogen and oxygen atoms in total. The van der Waals surface area contributed by atoms with Gasteiger partial charge in [0, 0.05) is 30.3 Å². The summed E-state index contributed by atoms with van der Waals surface area (Å²) in [5, 5.41) is 2.75. The van der Waals surface area contributed by atoms with Crippen molar-refractivity contribution in [2.75, 3.05) is 38.2 Å². The van der Waals surface area contributed by atoms with E-state index in [0.717, 1.165) is 12.4 Å². The fourth-order valence-electron chi connectivity index (χ4n) is 4.94. The van der Waals surface area contributed by atoms with Crippen molar-refractivity contribution in [3.8, 4) is 5.88 Å². The third-order valence-electron chi connectivity index (χ3n) is 6.89. The first-order chi connectivity index (χ1) is 18.4. The summed E-state index contributed by atoms with van der Waals surface area (Å²) in [4.78, 5) is 39.9. The molecular formula is C24H24F4N6O4S. The van der Waals surface area contributed by atoms with Crippen molar-refractivity contribution in [2.45, 2.75) is 29.8 Å². The van der Waals surface area contributed by atoms with Crippen LogP contribution in [0.1, 0.15) is 29.4 Å². The van der Waals surface area contributed by atoms with Gasteiger partial charge in [0.2, 0.25) is 11.8 Å². The fourth-order valence-corrected chi connectivity index (χ4v) is 6.38. The Morgan fingerprint density at radius 2 is 2.00 bits per heavy atom. The van der Waals surface area contributed by atoms with Crippen LogP contribution in [0, 0.1) is 11.7 Å². The third kappa shape index (κ3) is 5.37. The predicted molar refractivity (Wildman–Crippen MR) is 133 cm³/mol. The molecule has 39 heavy (non-hydrogen) atoms. The van der Waals surface area contributed by atoms with E-state index < -0.39 is 40.7 Å². The Balaban J connectivity index is 1.34. The van der Waals surface area contributed by atoms with E-state index >= 15 is 4.39 Å². The van der Waals surface area contributed by atoms with Crippen molar-refractivity contribution in [1.82, 2.24) is 14.9 Å². The maximum atomic E-state index is 15.2. The average molecular weight is 569 g/mol. The number of hydrogen-bond acceptors (Lipinski definition) is 9. The van der Waals surface area contributed by atoms with Gasteiger partial charge >= 0.3 is 6.18 Å². The van der Waals surface area contributed by atoms with Crippen molar-refractivity contribution in [3.63, 3.8) is 0 Å². The quantitative estimate of drug-likeness (QED) is 0.509. The second-order valence-electron chi connectivity index (χ2n) is 9.54. The summed E-state index contributed by atoms with van der Waals surface area (Å²) in [5.41, 5.74) is 5.17. The lowest BCUT2D eigenvalue weighted by atomic mass is 9.85. The van der Waals surface area contributed by atoms with Gasteiger partial charge in [0.1, 0.15) is 16.3 Å². The summed E-state index contributed by atoms with van der Waals surface area (Å²) in [6.07, 6.45) is -2.22. The Kier molecular flexibility index (Phi) is 6.91. The van der Waals surface area contributed by atoms with Crippen LogP contribution in [-0.4, -0.2) is 75.7 Å². The second-order valence-corrected chi connectivity index (χ2v) is 10.9. The molecule has 1 aliphatic carbocycles. The molecule has 5 rings (SSSR count). The molecule has 0 bridgehead atoms. The van der Waals surface area contributed by atoms with E-state index in [0.29, 0.717) is 32.7 Å². The van der Waals surface area contributed by atoms with Crippen LogP contribution in [0.2, 0.25) is 0 Å². The van der Waals surface area contributed by atoms with Crippen LogP contribution >= 0.6 is 11.8 Å². The zero-order valence-corrected chi connectivity index (χ0v) is 21.4. The van der Waals surface area contributed by atoms with Crippen LogP contribution in [-0.2, 0) is 15.1 Å². The first-order valence-corrected chi connectivity index (χ1v) is 12.8. The van der Waals surface area contributed by atoms with Gasteiger partial charge in [-0.15, -0.1) is 0 Å². The van der Waals surface area contributed by atoms with Gasteiger partial charge in [-0.25, -0.2) is 14.4 Å². The van der Waals surface area contributed by atoms with Gasteiger partial charge in [0.15, 0.2) is 11.8 Å². The topological polar surface area (TPSA) is 132 Å². The van der Waals surface area contributed by atoms with E-state index in [1.54, 1.807) is 11.8 Å². The average Bonchev–Trinajstić information content (AvgIpc) is 3.65. The molecule has 15 heteroatoms. The number of halogens is 4. The monoisotopic (exact) mass is 568 g/mol. The number of fused-ring (bicyclic) bond motifs is 1. The number of carbonyl (C=O) groups is 2. The normalized spacial score (nSPS) is 26.3. The zero-order valence-electron chi connectivity index (χ0n) is 20.6.